The molecule has 1 atom stereocenters. The van der Waals surface area contributed by atoms with E-state index in [9.17, 15) is 9.90 Å². The van der Waals surface area contributed by atoms with Gasteiger partial charge in [0.1, 0.15) is 6.10 Å². The van der Waals surface area contributed by atoms with Crippen LogP contribution in [0.5, 0.6) is 17.2 Å². The van der Waals surface area contributed by atoms with Crippen molar-refractivity contribution in [2.45, 2.75) is 6.10 Å². The average molecular weight is 266 g/mol. The van der Waals surface area contributed by atoms with Gasteiger partial charge in [-0.15, -0.1) is 0 Å². The van der Waals surface area contributed by atoms with Gasteiger partial charge >= 0.3 is 5.97 Å². The summed E-state index contributed by atoms with van der Waals surface area (Å²) in [5.41, 5.74) is 0.350. The lowest BCUT2D eigenvalue weighted by atomic mass is 10.1. The number of hydrogen-bond donors (Lipinski definition) is 2. The lowest BCUT2D eigenvalue weighted by molar-refractivity contribution is -0.130. The van der Waals surface area contributed by atoms with Crippen LogP contribution in [0.2, 0.25) is 0 Å². The second-order valence-corrected chi connectivity index (χ2v) is 3.44. The Morgan fingerprint density at radius 2 is 1.68 bits per heavy atom. The Kier molecular flexibility index (Phi) is 5.03. The zero-order valence-electron chi connectivity index (χ0n) is 10.8. The summed E-state index contributed by atoms with van der Waals surface area (Å²) >= 11 is 0. The molecule has 0 aliphatic carbocycles. The van der Waals surface area contributed by atoms with Gasteiger partial charge in [-0.3, -0.25) is 0 Å². The summed E-state index contributed by atoms with van der Waals surface area (Å²) in [6.07, 6.45) is -1.26. The number of methoxy groups -OCH3 is 3. The monoisotopic (exact) mass is 266 g/mol. The summed E-state index contributed by atoms with van der Waals surface area (Å²) in [6, 6.07) is 3.01. The molecule has 6 heteroatoms. The summed E-state index contributed by atoms with van der Waals surface area (Å²) in [7, 11) is 4.34. The molecule has 1 aromatic carbocycles. The van der Waals surface area contributed by atoms with E-state index < -0.39 is 12.1 Å². The van der Waals surface area contributed by atoms with E-state index in [1.54, 1.807) is 0 Å². The van der Waals surface area contributed by atoms with Gasteiger partial charge in [0.15, 0.2) is 11.5 Å². The van der Waals surface area contributed by atoms with Gasteiger partial charge in [0, 0.05) is 11.5 Å². The molecule has 0 saturated carbocycles. The highest BCUT2D eigenvalue weighted by atomic mass is 16.5. The SMILES string of the molecule is COc1cc(C(O)C#CC(=O)O)cc(OC)c1OC. The van der Waals surface area contributed by atoms with Crippen molar-refractivity contribution < 1.29 is 29.2 Å². The lowest BCUT2D eigenvalue weighted by Crippen LogP contribution is -2.00. The summed E-state index contributed by atoms with van der Waals surface area (Å²) in [5.74, 6) is 3.82. The maximum Gasteiger partial charge on any atom is 0.382 e. The predicted molar refractivity (Wildman–Crippen MR) is 66.5 cm³/mol. The van der Waals surface area contributed by atoms with Crippen LogP contribution in [0.25, 0.3) is 0 Å². The maximum absolute atomic E-state index is 10.3. The fourth-order valence-electron chi connectivity index (χ4n) is 1.47. The Hall–Kier alpha value is -2.39. The molecule has 2 N–H and O–H groups in total. The Balaban J connectivity index is 3.23. The Morgan fingerprint density at radius 3 is 2.05 bits per heavy atom. The highest BCUT2D eigenvalue weighted by molar-refractivity contribution is 5.86. The van der Waals surface area contributed by atoms with Crippen molar-refractivity contribution >= 4 is 5.97 Å². The van der Waals surface area contributed by atoms with Gasteiger partial charge in [-0.1, -0.05) is 5.92 Å². The number of rotatable bonds is 4. The van der Waals surface area contributed by atoms with Gasteiger partial charge < -0.3 is 24.4 Å². The van der Waals surface area contributed by atoms with Crippen LogP contribution in [0.4, 0.5) is 0 Å². The molecular weight excluding hydrogens is 252 g/mol. The molecule has 0 heterocycles. The van der Waals surface area contributed by atoms with Crippen molar-refractivity contribution in [3.63, 3.8) is 0 Å². The van der Waals surface area contributed by atoms with Crippen LogP contribution in [0.3, 0.4) is 0 Å². The summed E-state index contributed by atoms with van der Waals surface area (Å²) < 4.78 is 15.4. The smallest absolute Gasteiger partial charge is 0.382 e. The second-order valence-electron chi connectivity index (χ2n) is 3.44. The lowest BCUT2D eigenvalue weighted by Gasteiger charge is -2.14. The summed E-state index contributed by atoms with van der Waals surface area (Å²) in [6.45, 7) is 0. The van der Waals surface area contributed by atoms with Crippen LogP contribution in [-0.2, 0) is 4.79 Å². The van der Waals surface area contributed by atoms with Crippen LogP contribution in [0.15, 0.2) is 12.1 Å². The number of ether oxygens (including phenoxy) is 3. The minimum absolute atomic E-state index is 0.350. The Labute approximate surface area is 110 Å². The van der Waals surface area contributed by atoms with Crippen molar-refractivity contribution in [3.8, 4) is 29.1 Å². The third kappa shape index (κ3) is 3.53. The van der Waals surface area contributed by atoms with E-state index in [1.807, 2.05) is 5.92 Å². The molecule has 6 nitrogen and oxygen atoms in total. The molecule has 0 fully saturated rings. The fraction of sp³-hybridized carbons (Fsp3) is 0.308. The highest BCUT2D eigenvalue weighted by Gasteiger charge is 2.16. The van der Waals surface area contributed by atoms with Gasteiger partial charge in [0.05, 0.1) is 21.3 Å². The molecule has 19 heavy (non-hydrogen) atoms. The first-order valence-electron chi connectivity index (χ1n) is 5.26. The molecule has 1 unspecified atom stereocenters. The zero-order valence-corrected chi connectivity index (χ0v) is 10.8. The second kappa shape index (κ2) is 6.52. The van der Waals surface area contributed by atoms with Crippen LogP contribution in [0, 0.1) is 11.8 Å². The van der Waals surface area contributed by atoms with E-state index in [-0.39, 0.29) is 0 Å². The van der Waals surface area contributed by atoms with Crippen LogP contribution in [0.1, 0.15) is 11.7 Å². The molecule has 0 spiro atoms. The first-order chi connectivity index (χ1) is 9.03. The van der Waals surface area contributed by atoms with E-state index in [0.717, 1.165) is 0 Å². The van der Waals surface area contributed by atoms with Gasteiger partial charge in [-0.25, -0.2) is 4.79 Å². The molecule has 0 aliphatic heterocycles. The topological polar surface area (TPSA) is 85.2 Å². The average Bonchev–Trinajstić information content (AvgIpc) is 2.42. The first kappa shape index (κ1) is 14.7. The molecule has 0 radical (unpaired) electrons. The number of carboxylic acid groups (broad SMARTS) is 1. The van der Waals surface area contributed by atoms with E-state index in [0.29, 0.717) is 22.8 Å². The van der Waals surface area contributed by atoms with E-state index in [2.05, 4.69) is 5.92 Å². The molecule has 1 aromatic rings. The van der Waals surface area contributed by atoms with Crippen LogP contribution < -0.4 is 14.2 Å². The van der Waals surface area contributed by atoms with Crippen LogP contribution >= 0.6 is 0 Å². The minimum Gasteiger partial charge on any atom is -0.493 e. The maximum atomic E-state index is 10.3. The largest absolute Gasteiger partial charge is 0.493 e. The highest BCUT2D eigenvalue weighted by Crippen LogP contribution is 2.39. The number of carboxylic acids is 1. The third-order valence-electron chi connectivity index (χ3n) is 2.32. The number of carbonyl (C=O) groups is 1. The normalized spacial score (nSPS) is 10.9. The fourth-order valence-corrected chi connectivity index (χ4v) is 1.47. The molecular formula is C13H14O6. The van der Waals surface area contributed by atoms with E-state index in [1.165, 1.54) is 33.5 Å². The van der Waals surface area contributed by atoms with Crippen molar-refractivity contribution in [2.75, 3.05) is 21.3 Å². The van der Waals surface area contributed by atoms with Gasteiger partial charge in [0.2, 0.25) is 5.75 Å². The molecule has 0 amide bonds. The quantitative estimate of drug-likeness (QED) is 0.785. The van der Waals surface area contributed by atoms with Crippen LogP contribution in [-0.4, -0.2) is 37.5 Å². The third-order valence-corrected chi connectivity index (χ3v) is 2.32. The van der Waals surface area contributed by atoms with E-state index in [4.69, 9.17) is 19.3 Å². The van der Waals surface area contributed by atoms with Crippen molar-refractivity contribution in [3.05, 3.63) is 17.7 Å². The first-order valence-corrected chi connectivity index (χ1v) is 5.26. The van der Waals surface area contributed by atoms with Gasteiger partial charge in [0.25, 0.3) is 0 Å². The van der Waals surface area contributed by atoms with E-state index >= 15 is 0 Å². The van der Waals surface area contributed by atoms with Crippen molar-refractivity contribution in [1.82, 2.24) is 0 Å². The number of benzene rings is 1. The molecule has 1 rings (SSSR count). The predicted octanol–water partition coefficient (Wildman–Crippen LogP) is 0.834. The zero-order chi connectivity index (χ0) is 14.4. The van der Waals surface area contributed by atoms with Gasteiger partial charge in [-0.2, -0.15) is 0 Å². The number of aliphatic hydroxyl groups is 1. The number of aliphatic hydroxyl groups excluding tert-OH is 1. The number of aliphatic carboxylic acids is 1. The Morgan fingerprint density at radius 1 is 1.16 bits per heavy atom. The number of hydrogen-bond acceptors (Lipinski definition) is 5. The molecule has 0 aliphatic rings. The molecule has 0 saturated heterocycles. The molecule has 0 bridgehead atoms. The summed E-state index contributed by atoms with van der Waals surface area (Å²) in [4.78, 5) is 10.3. The standard InChI is InChI=1S/C13H14O6/c1-17-10-6-8(9(14)4-5-12(15)16)7-11(18-2)13(10)19-3/h6-7,9,14H,1-3H3,(H,15,16). The van der Waals surface area contributed by atoms with Gasteiger partial charge in [-0.05, 0) is 12.1 Å². The molecule has 102 valence electrons. The van der Waals surface area contributed by atoms with Crippen molar-refractivity contribution in [1.29, 1.82) is 0 Å². The van der Waals surface area contributed by atoms with Crippen molar-refractivity contribution in [2.24, 2.45) is 0 Å². The molecule has 0 aromatic heterocycles. The summed E-state index contributed by atoms with van der Waals surface area (Å²) in [5, 5.41) is 18.2. The Bertz CT molecular complexity index is 501. The minimum atomic E-state index is -1.31.